The molecular formula is C14H15F2N3O. The minimum Gasteiger partial charge on any atom is -0.494 e. The topological polar surface area (TPSA) is 60.2 Å². The van der Waals surface area contributed by atoms with E-state index in [2.05, 4.69) is 10.4 Å². The van der Waals surface area contributed by atoms with E-state index < -0.39 is 11.6 Å². The van der Waals surface area contributed by atoms with E-state index in [1.54, 1.807) is 18.2 Å². The number of ether oxygens (including phenoxy) is 1. The highest BCUT2D eigenvalue weighted by atomic mass is 19.1. The summed E-state index contributed by atoms with van der Waals surface area (Å²) in [6, 6.07) is 7.20. The lowest BCUT2D eigenvalue weighted by Crippen LogP contribution is -2.30. The molecule has 0 spiro atoms. The number of benzene rings is 1. The van der Waals surface area contributed by atoms with Crippen molar-refractivity contribution in [3.63, 3.8) is 0 Å². The highest BCUT2D eigenvalue weighted by Gasteiger charge is 2.13. The average molecular weight is 279 g/mol. The number of pyridine rings is 1. The van der Waals surface area contributed by atoms with Gasteiger partial charge in [0.25, 0.3) is 0 Å². The van der Waals surface area contributed by atoms with Crippen LogP contribution in [0.1, 0.15) is 17.3 Å². The summed E-state index contributed by atoms with van der Waals surface area (Å²) in [6.45, 7) is 0. The Balaban J connectivity index is 2.17. The maximum Gasteiger partial charge on any atom is 0.165 e. The number of hydrogen-bond donors (Lipinski definition) is 2. The summed E-state index contributed by atoms with van der Waals surface area (Å²) >= 11 is 0. The molecule has 0 radical (unpaired) electrons. The second kappa shape index (κ2) is 6.40. The molecule has 1 aromatic carbocycles. The van der Waals surface area contributed by atoms with Crippen LogP contribution in [0.15, 0.2) is 36.5 Å². The molecule has 0 saturated heterocycles. The lowest BCUT2D eigenvalue weighted by molar-refractivity contribution is 0.386. The molecule has 1 atom stereocenters. The van der Waals surface area contributed by atoms with E-state index in [0.717, 1.165) is 11.8 Å². The Kier molecular flexibility index (Phi) is 4.60. The van der Waals surface area contributed by atoms with Crippen molar-refractivity contribution in [2.45, 2.75) is 12.5 Å². The van der Waals surface area contributed by atoms with Gasteiger partial charge in [-0.1, -0.05) is 6.07 Å². The maximum absolute atomic E-state index is 13.6. The van der Waals surface area contributed by atoms with Crippen LogP contribution in [0, 0.1) is 11.6 Å². The minimum atomic E-state index is -0.437. The number of hydrazine groups is 1. The van der Waals surface area contributed by atoms with Crippen molar-refractivity contribution >= 4 is 0 Å². The molecule has 0 aliphatic heterocycles. The fourth-order valence-electron chi connectivity index (χ4n) is 1.91. The van der Waals surface area contributed by atoms with Gasteiger partial charge in [-0.15, -0.1) is 0 Å². The first kappa shape index (κ1) is 14.4. The zero-order chi connectivity index (χ0) is 14.5. The van der Waals surface area contributed by atoms with Crippen LogP contribution < -0.4 is 16.0 Å². The zero-order valence-corrected chi connectivity index (χ0v) is 10.9. The largest absolute Gasteiger partial charge is 0.494 e. The fraction of sp³-hybridized carbons (Fsp3) is 0.214. The fourth-order valence-corrected chi connectivity index (χ4v) is 1.91. The van der Waals surface area contributed by atoms with E-state index in [1.165, 1.54) is 19.2 Å². The maximum atomic E-state index is 13.6. The smallest absolute Gasteiger partial charge is 0.165 e. The third kappa shape index (κ3) is 3.28. The highest BCUT2D eigenvalue weighted by molar-refractivity contribution is 5.30. The summed E-state index contributed by atoms with van der Waals surface area (Å²) in [4.78, 5) is 3.97. The van der Waals surface area contributed by atoms with E-state index in [9.17, 15) is 8.78 Å². The van der Waals surface area contributed by atoms with E-state index in [-0.39, 0.29) is 11.8 Å². The summed E-state index contributed by atoms with van der Waals surface area (Å²) in [5, 5.41) is 0. The molecule has 3 N–H and O–H groups in total. The van der Waals surface area contributed by atoms with Crippen molar-refractivity contribution in [1.82, 2.24) is 10.4 Å². The van der Waals surface area contributed by atoms with E-state index >= 15 is 0 Å². The monoisotopic (exact) mass is 279 g/mol. The summed E-state index contributed by atoms with van der Waals surface area (Å²) < 4.78 is 31.3. The van der Waals surface area contributed by atoms with Crippen LogP contribution in [-0.4, -0.2) is 12.1 Å². The number of methoxy groups -OCH3 is 1. The number of aromatic nitrogens is 1. The molecular weight excluding hydrogens is 264 g/mol. The number of nitrogens with zero attached hydrogens (tertiary/aromatic N) is 1. The lowest BCUT2D eigenvalue weighted by Gasteiger charge is -2.15. The molecule has 0 saturated carbocycles. The van der Waals surface area contributed by atoms with Crippen molar-refractivity contribution in [3.05, 3.63) is 59.4 Å². The van der Waals surface area contributed by atoms with Crippen LogP contribution in [0.4, 0.5) is 8.78 Å². The molecule has 0 aliphatic carbocycles. The summed E-state index contributed by atoms with van der Waals surface area (Å²) in [5.41, 5.74) is 3.92. The van der Waals surface area contributed by atoms with Crippen LogP contribution in [0.2, 0.25) is 0 Å². The van der Waals surface area contributed by atoms with Gasteiger partial charge in [-0.2, -0.15) is 0 Å². The van der Waals surface area contributed by atoms with Crippen molar-refractivity contribution in [3.8, 4) is 5.75 Å². The van der Waals surface area contributed by atoms with Crippen LogP contribution in [-0.2, 0) is 6.42 Å². The first-order valence-corrected chi connectivity index (χ1v) is 6.04. The predicted octanol–water partition coefficient (Wildman–Crippen LogP) is 2.12. The molecule has 20 heavy (non-hydrogen) atoms. The zero-order valence-electron chi connectivity index (χ0n) is 10.9. The Labute approximate surface area is 115 Å². The van der Waals surface area contributed by atoms with Crippen LogP contribution in [0.5, 0.6) is 5.75 Å². The number of hydrogen-bond acceptors (Lipinski definition) is 4. The Bertz CT molecular complexity index is 575. The van der Waals surface area contributed by atoms with Gasteiger partial charge < -0.3 is 4.74 Å². The molecule has 0 bridgehead atoms. The Hall–Kier alpha value is -2.05. The molecule has 1 aromatic heterocycles. The first-order chi connectivity index (χ1) is 9.63. The molecule has 106 valence electrons. The van der Waals surface area contributed by atoms with Gasteiger partial charge in [-0.25, -0.2) is 8.78 Å². The van der Waals surface area contributed by atoms with Crippen LogP contribution >= 0.6 is 0 Å². The molecule has 0 aliphatic rings. The summed E-state index contributed by atoms with van der Waals surface area (Å²) in [7, 11) is 1.41. The molecule has 2 aromatic rings. The Morgan fingerprint density at radius 2 is 2.10 bits per heavy atom. The predicted molar refractivity (Wildman–Crippen MR) is 70.9 cm³/mol. The quantitative estimate of drug-likeness (QED) is 0.650. The minimum absolute atomic E-state index is 0.186. The normalized spacial score (nSPS) is 12.2. The number of nitrogens with one attached hydrogen (secondary N) is 1. The van der Waals surface area contributed by atoms with Gasteiger partial charge in [-0.05, 0) is 36.2 Å². The van der Waals surface area contributed by atoms with Gasteiger partial charge in [0.2, 0.25) is 0 Å². The second-order valence-electron chi connectivity index (χ2n) is 4.29. The Morgan fingerprint density at radius 3 is 2.65 bits per heavy atom. The standard InChI is InChI=1S/C14H15F2N3O/c1-20-14-5-2-9(6-11(14)16)7-13(19-17)12-4-3-10(15)8-18-12/h2-6,8,13,19H,7,17H2,1H3. The van der Waals surface area contributed by atoms with E-state index in [4.69, 9.17) is 10.6 Å². The third-order valence-electron chi connectivity index (χ3n) is 2.96. The SMILES string of the molecule is COc1ccc(CC(NN)c2ccc(F)cn2)cc1F. The molecule has 6 heteroatoms. The first-order valence-electron chi connectivity index (χ1n) is 6.04. The summed E-state index contributed by atoms with van der Waals surface area (Å²) in [6.07, 6.45) is 1.55. The van der Waals surface area contributed by atoms with Gasteiger partial charge in [-0.3, -0.25) is 16.3 Å². The lowest BCUT2D eigenvalue weighted by atomic mass is 10.0. The van der Waals surface area contributed by atoms with Gasteiger partial charge in [0.15, 0.2) is 11.6 Å². The second-order valence-corrected chi connectivity index (χ2v) is 4.29. The van der Waals surface area contributed by atoms with E-state index in [0.29, 0.717) is 12.1 Å². The molecule has 0 fully saturated rings. The van der Waals surface area contributed by atoms with Gasteiger partial charge in [0.05, 0.1) is 25.0 Å². The third-order valence-corrected chi connectivity index (χ3v) is 2.96. The molecule has 0 amide bonds. The van der Waals surface area contributed by atoms with Crippen molar-refractivity contribution < 1.29 is 13.5 Å². The van der Waals surface area contributed by atoms with Gasteiger partial charge in [0, 0.05) is 0 Å². The number of halogens is 2. The van der Waals surface area contributed by atoms with E-state index in [1.807, 2.05) is 0 Å². The molecule has 4 nitrogen and oxygen atoms in total. The summed E-state index contributed by atoms with van der Waals surface area (Å²) in [5.74, 6) is 4.81. The van der Waals surface area contributed by atoms with Crippen molar-refractivity contribution in [2.24, 2.45) is 5.84 Å². The number of nitrogens with two attached hydrogens (primary N) is 1. The Morgan fingerprint density at radius 1 is 1.30 bits per heavy atom. The molecule has 1 unspecified atom stereocenters. The number of rotatable bonds is 5. The van der Waals surface area contributed by atoms with Crippen molar-refractivity contribution in [2.75, 3.05) is 7.11 Å². The molecule has 2 rings (SSSR count). The highest BCUT2D eigenvalue weighted by Crippen LogP contribution is 2.21. The average Bonchev–Trinajstić information content (AvgIpc) is 2.46. The van der Waals surface area contributed by atoms with Gasteiger partial charge in [0.1, 0.15) is 5.82 Å². The van der Waals surface area contributed by atoms with Crippen LogP contribution in [0.3, 0.4) is 0 Å². The van der Waals surface area contributed by atoms with Gasteiger partial charge >= 0.3 is 0 Å². The van der Waals surface area contributed by atoms with Crippen molar-refractivity contribution in [1.29, 1.82) is 0 Å². The molecule has 1 heterocycles. The van der Waals surface area contributed by atoms with Crippen LogP contribution in [0.25, 0.3) is 0 Å².